The molecule has 4 heteroatoms. The van der Waals surface area contributed by atoms with Gasteiger partial charge in [-0.1, -0.05) is 12.1 Å². The van der Waals surface area contributed by atoms with Crippen LogP contribution in [0.25, 0.3) is 0 Å². The number of amides is 1. The molecule has 1 heterocycles. The van der Waals surface area contributed by atoms with Gasteiger partial charge in [0.1, 0.15) is 11.9 Å². The minimum Gasteiger partial charge on any atom is -0.439 e. The van der Waals surface area contributed by atoms with Crippen molar-refractivity contribution in [1.29, 1.82) is 0 Å². The maximum Gasteiger partial charge on any atom is 0.408 e. The summed E-state index contributed by atoms with van der Waals surface area (Å²) in [4.78, 5) is 10.9. The zero-order chi connectivity index (χ0) is 10.1. The van der Waals surface area contributed by atoms with Gasteiger partial charge in [0, 0.05) is 0 Å². The Morgan fingerprint density at radius 3 is 2.50 bits per heavy atom. The van der Waals surface area contributed by atoms with E-state index in [0.29, 0.717) is 0 Å². The van der Waals surface area contributed by atoms with Crippen LogP contribution in [-0.4, -0.2) is 12.1 Å². The standard InChI is InChI=1S/C10H10FNO2/c1-6-9(14-10(13)12-6)7-2-4-8(11)5-3-7/h2-6,9H,1H3,(H,12,13)/t6-,9-/m1/s1. The van der Waals surface area contributed by atoms with Crippen LogP contribution in [0, 0.1) is 5.82 Å². The van der Waals surface area contributed by atoms with Crippen molar-refractivity contribution in [1.82, 2.24) is 5.32 Å². The summed E-state index contributed by atoms with van der Waals surface area (Å²) in [6.07, 6.45) is -0.741. The third-order valence-corrected chi connectivity index (χ3v) is 2.23. The summed E-state index contributed by atoms with van der Waals surface area (Å²) in [5.74, 6) is -0.293. The molecule has 0 bridgehead atoms. The fraction of sp³-hybridized carbons (Fsp3) is 0.300. The molecule has 74 valence electrons. The Balaban J connectivity index is 2.23. The average molecular weight is 195 g/mol. The van der Waals surface area contributed by atoms with E-state index in [9.17, 15) is 9.18 Å². The molecule has 0 aromatic heterocycles. The smallest absolute Gasteiger partial charge is 0.408 e. The summed E-state index contributed by atoms with van der Waals surface area (Å²) in [5.41, 5.74) is 0.803. The minimum absolute atomic E-state index is 0.0760. The van der Waals surface area contributed by atoms with Crippen molar-refractivity contribution in [2.45, 2.75) is 19.1 Å². The van der Waals surface area contributed by atoms with Crippen molar-refractivity contribution in [2.24, 2.45) is 0 Å². The zero-order valence-corrected chi connectivity index (χ0v) is 7.66. The van der Waals surface area contributed by atoms with Gasteiger partial charge in [0.15, 0.2) is 0 Å². The first-order valence-corrected chi connectivity index (χ1v) is 4.39. The summed E-state index contributed by atoms with van der Waals surface area (Å²) in [5, 5.41) is 2.63. The third-order valence-electron chi connectivity index (χ3n) is 2.23. The SMILES string of the molecule is C[C@H]1NC(=O)O[C@H]1c1ccc(F)cc1. The minimum atomic E-state index is -0.424. The van der Waals surface area contributed by atoms with E-state index in [1.807, 2.05) is 6.92 Å². The number of hydrogen-bond acceptors (Lipinski definition) is 2. The van der Waals surface area contributed by atoms with E-state index in [1.54, 1.807) is 12.1 Å². The van der Waals surface area contributed by atoms with E-state index in [-0.39, 0.29) is 18.0 Å². The highest BCUT2D eigenvalue weighted by molar-refractivity contribution is 5.70. The highest BCUT2D eigenvalue weighted by Crippen LogP contribution is 2.25. The van der Waals surface area contributed by atoms with Gasteiger partial charge in [-0.15, -0.1) is 0 Å². The molecular formula is C10H10FNO2. The second-order valence-electron chi connectivity index (χ2n) is 3.31. The number of hydrogen-bond donors (Lipinski definition) is 1. The number of carbonyl (C=O) groups is 1. The maximum atomic E-state index is 12.6. The van der Waals surface area contributed by atoms with Gasteiger partial charge >= 0.3 is 6.09 Å². The molecule has 1 N–H and O–H groups in total. The molecular weight excluding hydrogens is 185 g/mol. The van der Waals surface area contributed by atoms with Gasteiger partial charge in [-0.05, 0) is 24.6 Å². The first-order valence-electron chi connectivity index (χ1n) is 4.39. The summed E-state index contributed by atoms with van der Waals surface area (Å²) in [6, 6.07) is 5.88. The Bertz CT molecular complexity index is 350. The molecule has 3 nitrogen and oxygen atoms in total. The van der Waals surface area contributed by atoms with E-state index < -0.39 is 6.09 Å². The first kappa shape index (κ1) is 8.99. The number of nitrogens with one attached hydrogen (secondary N) is 1. The number of cyclic esters (lactones) is 1. The van der Waals surface area contributed by atoms with E-state index >= 15 is 0 Å². The molecule has 2 rings (SSSR count). The van der Waals surface area contributed by atoms with Gasteiger partial charge in [0.05, 0.1) is 6.04 Å². The molecule has 1 amide bonds. The van der Waals surface area contributed by atoms with Crippen molar-refractivity contribution in [3.05, 3.63) is 35.6 Å². The lowest BCUT2D eigenvalue weighted by molar-refractivity contribution is 0.134. The topological polar surface area (TPSA) is 38.3 Å². The second-order valence-corrected chi connectivity index (χ2v) is 3.31. The Kier molecular flexibility index (Phi) is 2.11. The molecule has 0 spiro atoms. The van der Waals surface area contributed by atoms with E-state index in [4.69, 9.17) is 4.74 Å². The van der Waals surface area contributed by atoms with Crippen LogP contribution in [0.5, 0.6) is 0 Å². The van der Waals surface area contributed by atoms with E-state index in [2.05, 4.69) is 5.32 Å². The number of carbonyl (C=O) groups excluding carboxylic acids is 1. The zero-order valence-electron chi connectivity index (χ0n) is 7.66. The van der Waals surface area contributed by atoms with Gasteiger partial charge in [0.25, 0.3) is 0 Å². The maximum absolute atomic E-state index is 12.6. The van der Waals surface area contributed by atoms with E-state index in [0.717, 1.165) is 5.56 Å². The lowest BCUT2D eigenvalue weighted by atomic mass is 10.0. The molecule has 0 radical (unpaired) electrons. The number of halogens is 1. The van der Waals surface area contributed by atoms with Crippen LogP contribution in [0.3, 0.4) is 0 Å². The van der Waals surface area contributed by atoms with Crippen molar-refractivity contribution in [2.75, 3.05) is 0 Å². The largest absolute Gasteiger partial charge is 0.439 e. The summed E-state index contributed by atoms with van der Waals surface area (Å²) in [6.45, 7) is 1.85. The molecule has 0 saturated carbocycles. The summed E-state index contributed by atoms with van der Waals surface area (Å²) in [7, 11) is 0. The molecule has 1 fully saturated rings. The lowest BCUT2D eigenvalue weighted by Gasteiger charge is -2.12. The molecule has 1 aromatic carbocycles. The van der Waals surface area contributed by atoms with Crippen LogP contribution >= 0.6 is 0 Å². The van der Waals surface area contributed by atoms with Crippen LogP contribution in [0.4, 0.5) is 9.18 Å². The van der Waals surface area contributed by atoms with Crippen molar-refractivity contribution in [3.8, 4) is 0 Å². The number of rotatable bonds is 1. The highest BCUT2D eigenvalue weighted by Gasteiger charge is 2.31. The Morgan fingerprint density at radius 2 is 2.00 bits per heavy atom. The van der Waals surface area contributed by atoms with Gasteiger partial charge < -0.3 is 10.1 Å². The Hall–Kier alpha value is -1.58. The van der Waals surface area contributed by atoms with Gasteiger partial charge in [0.2, 0.25) is 0 Å². The number of alkyl carbamates (subject to hydrolysis) is 1. The number of ether oxygens (including phenoxy) is 1. The Labute approximate surface area is 80.9 Å². The molecule has 2 atom stereocenters. The van der Waals surface area contributed by atoms with Crippen LogP contribution in [0.2, 0.25) is 0 Å². The van der Waals surface area contributed by atoms with Crippen LogP contribution in [0.15, 0.2) is 24.3 Å². The van der Waals surface area contributed by atoms with E-state index in [1.165, 1.54) is 12.1 Å². The van der Waals surface area contributed by atoms with Crippen LogP contribution in [0.1, 0.15) is 18.6 Å². The molecule has 0 aliphatic carbocycles. The second kappa shape index (κ2) is 3.29. The normalized spacial score (nSPS) is 25.7. The van der Waals surface area contributed by atoms with Crippen molar-refractivity contribution < 1.29 is 13.9 Å². The molecule has 0 unspecified atom stereocenters. The van der Waals surface area contributed by atoms with Gasteiger partial charge in [-0.3, -0.25) is 0 Å². The molecule has 1 aliphatic rings. The third kappa shape index (κ3) is 1.55. The monoisotopic (exact) mass is 195 g/mol. The van der Waals surface area contributed by atoms with Crippen LogP contribution < -0.4 is 5.32 Å². The molecule has 14 heavy (non-hydrogen) atoms. The van der Waals surface area contributed by atoms with Gasteiger partial charge in [-0.25, -0.2) is 9.18 Å². The highest BCUT2D eigenvalue weighted by atomic mass is 19.1. The molecule has 1 aromatic rings. The summed E-state index contributed by atoms with van der Waals surface area (Å²) >= 11 is 0. The summed E-state index contributed by atoms with van der Waals surface area (Å²) < 4.78 is 17.7. The first-order chi connectivity index (χ1) is 6.66. The average Bonchev–Trinajstić information content (AvgIpc) is 2.47. The quantitative estimate of drug-likeness (QED) is 0.744. The predicted octanol–water partition coefficient (Wildman–Crippen LogP) is 2.00. The number of benzene rings is 1. The fourth-order valence-electron chi connectivity index (χ4n) is 1.52. The van der Waals surface area contributed by atoms with Crippen molar-refractivity contribution in [3.63, 3.8) is 0 Å². The molecule has 1 aliphatic heterocycles. The lowest BCUT2D eigenvalue weighted by Crippen LogP contribution is -2.23. The van der Waals surface area contributed by atoms with Gasteiger partial charge in [-0.2, -0.15) is 0 Å². The van der Waals surface area contributed by atoms with Crippen molar-refractivity contribution >= 4 is 6.09 Å². The molecule has 1 saturated heterocycles. The fourth-order valence-corrected chi connectivity index (χ4v) is 1.52. The van der Waals surface area contributed by atoms with Crippen LogP contribution in [-0.2, 0) is 4.74 Å². The predicted molar refractivity (Wildman–Crippen MR) is 48.2 cm³/mol. The Morgan fingerprint density at radius 1 is 1.36 bits per heavy atom.